The van der Waals surface area contributed by atoms with Crippen LogP contribution in [0.4, 0.5) is 0 Å². The highest BCUT2D eigenvalue weighted by molar-refractivity contribution is 5.34. The summed E-state index contributed by atoms with van der Waals surface area (Å²) in [5.74, 6) is 0.666. The fourth-order valence-electron chi connectivity index (χ4n) is 2.28. The quantitative estimate of drug-likeness (QED) is 0.697. The van der Waals surface area contributed by atoms with Crippen LogP contribution in [0.2, 0.25) is 0 Å². The summed E-state index contributed by atoms with van der Waals surface area (Å²) in [6.45, 7) is 2.22. The first-order chi connectivity index (χ1) is 6.33. The second-order valence-corrected chi connectivity index (χ2v) is 3.83. The van der Waals surface area contributed by atoms with Crippen molar-refractivity contribution in [2.75, 3.05) is 0 Å². The third-order valence-electron chi connectivity index (χ3n) is 3.08. The van der Waals surface area contributed by atoms with E-state index in [1.165, 1.54) is 12.0 Å². The van der Waals surface area contributed by atoms with Gasteiger partial charge >= 0.3 is 0 Å². The molecule has 0 bridgehead atoms. The SMILES string of the molecule is CC[C@H]1CC[C@H](O)c2ccccc21. The van der Waals surface area contributed by atoms with Gasteiger partial charge in [-0.1, -0.05) is 31.2 Å². The summed E-state index contributed by atoms with van der Waals surface area (Å²) < 4.78 is 0. The van der Waals surface area contributed by atoms with Crippen LogP contribution in [0.25, 0.3) is 0 Å². The van der Waals surface area contributed by atoms with E-state index >= 15 is 0 Å². The van der Waals surface area contributed by atoms with Crippen LogP contribution in [0.1, 0.15) is 49.3 Å². The van der Waals surface area contributed by atoms with Gasteiger partial charge in [0.1, 0.15) is 0 Å². The maximum absolute atomic E-state index is 9.77. The van der Waals surface area contributed by atoms with Gasteiger partial charge in [-0.15, -0.1) is 0 Å². The minimum Gasteiger partial charge on any atom is -0.388 e. The molecule has 1 heteroatoms. The lowest BCUT2D eigenvalue weighted by molar-refractivity contribution is 0.150. The molecule has 0 spiro atoms. The molecule has 70 valence electrons. The molecule has 0 saturated heterocycles. The van der Waals surface area contributed by atoms with Crippen LogP contribution in [0, 0.1) is 0 Å². The molecule has 0 saturated carbocycles. The predicted molar refractivity (Wildman–Crippen MR) is 53.7 cm³/mol. The molecule has 1 aromatic carbocycles. The van der Waals surface area contributed by atoms with Gasteiger partial charge in [-0.3, -0.25) is 0 Å². The van der Waals surface area contributed by atoms with Crippen LogP contribution in [0.3, 0.4) is 0 Å². The monoisotopic (exact) mass is 176 g/mol. The van der Waals surface area contributed by atoms with Crippen LogP contribution in [0.5, 0.6) is 0 Å². The van der Waals surface area contributed by atoms with Crippen molar-refractivity contribution in [3.63, 3.8) is 0 Å². The molecule has 0 fully saturated rings. The summed E-state index contributed by atoms with van der Waals surface area (Å²) in [5.41, 5.74) is 2.52. The number of aliphatic hydroxyl groups is 1. The van der Waals surface area contributed by atoms with Gasteiger partial charge in [-0.2, -0.15) is 0 Å². The van der Waals surface area contributed by atoms with Crippen molar-refractivity contribution in [2.24, 2.45) is 0 Å². The van der Waals surface area contributed by atoms with Gasteiger partial charge in [0.2, 0.25) is 0 Å². The number of rotatable bonds is 1. The molecular formula is C12H16O. The van der Waals surface area contributed by atoms with E-state index in [1.807, 2.05) is 6.07 Å². The second-order valence-electron chi connectivity index (χ2n) is 3.83. The molecule has 1 aromatic rings. The molecule has 0 aromatic heterocycles. The minimum absolute atomic E-state index is 0.223. The highest BCUT2D eigenvalue weighted by Gasteiger charge is 2.23. The molecule has 1 N–H and O–H groups in total. The Kier molecular flexibility index (Phi) is 2.36. The highest BCUT2D eigenvalue weighted by Crippen LogP contribution is 2.38. The van der Waals surface area contributed by atoms with E-state index in [2.05, 4.69) is 25.1 Å². The number of benzene rings is 1. The van der Waals surface area contributed by atoms with Gasteiger partial charge in [-0.05, 0) is 36.3 Å². The maximum Gasteiger partial charge on any atom is 0.0793 e. The van der Waals surface area contributed by atoms with E-state index in [0.29, 0.717) is 5.92 Å². The minimum atomic E-state index is -0.223. The number of fused-ring (bicyclic) bond motifs is 1. The third kappa shape index (κ3) is 1.49. The molecule has 1 aliphatic carbocycles. The molecule has 2 rings (SSSR count). The lowest BCUT2D eigenvalue weighted by Crippen LogP contribution is -2.13. The zero-order valence-electron chi connectivity index (χ0n) is 8.03. The van der Waals surface area contributed by atoms with Gasteiger partial charge < -0.3 is 5.11 Å². The summed E-state index contributed by atoms with van der Waals surface area (Å²) in [6, 6.07) is 8.30. The van der Waals surface area contributed by atoms with Crippen LogP contribution < -0.4 is 0 Å². The van der Waals surface area contributed by atoms with E-state index in [4.69, 9.17) is 0 Å². The van der Waals surface area contributed by atoms with Gasteiger partial charge in [0, 0.05) is 0 Å². The summed E-state index contributed by atoms with van der Waals surface area (Å²) in [4.78, 5) is 0. The first-order valence-corrected chi connectivity index (χ1v) is 5.09. The normalized spacial score (nSPS) is 26.9. The largest absolute Gasteiger partial charge is 0.388 e. The Morgan fingerprint density at radius 1 is 1.23 bits per heavy atom. The van der Waals surface area contributed by atoms with Crippen molar-refractivity contribution >= 4 is 0 Å². The Morgan fingerprint density at radius 3 is 2.62 bits per heavy atom. The second kappa shape index (κ2) is 3.51. The van der Waals surface area contributed by atoms with E-state index in [9.17, 15) is 5.11 Å². The Balaban J connectivity index is 2.42. The Hall–Kier alpha value is -0.820. The Bertz CT molecular complexity index is 293. The standard InChI is InChI=1S/C12H16O/c1-2-9-7-8-12(13)11-6-4-3-5-10(9)11/h3-6,9,12-13H,2,7-8H2,1H3/t9-,12-/m0/s1. The summed E-state index contributed by atoms with van der Waals surface area (Å²) in [5, 5.41) is 9.77. The smallest absolute Gasteiger partial charge is 0.0793 e. The Labute approximate surface area is 79.4 Å². The van der Waals surface area contributed by atoms with Gasteiger partial charge in [-0.25, -0.2) is 0 Å². The molecule has 1 aliphatic rings. The summed E-state index contributed by atoms with van der Waals surface area (Å²) in [7, 11) is 0. The van der Waals surface area contributed by atoms with Gasteiger partial charge in [0.25, 0.3) is 0 Å². The molecular weight excluding hydrogens is 160 g/mol. The van der Waals surface area contributed by atoms with Crippen molar-refractivity contribution in [1.29, 1.82) is 0 Å². The van der Waals surface area contributed by atoms with Crippen molar-refractivity contribution in [1.82, 2.24) is 0 Å². The maximum atomic E-state index is 9.77. The number of aliphatic hydroxyl groups excluding tert-OH is 1. The number of hydrogen-bond acceptors (Lipinski definition) is 1. The highest BCUT2D eigenvalue weighted by atomic mass is 16.3. The van der Waals surface area contributed by atoms with Crippen molar-refractivity contribution in [2.45, 2.75) is 38.2 Å². The summed E-state index contributed by atoms with van der Waals surface area (Å²) >= 11 is 0. The Morgan fingerprint density at radius 2 is 1.92 bits per heavy atom. The van der Waals surface area contributed by atoms with Crippen molar-refractivity contribution in [3.05, 3.63) is 35.4 Å². The van der Waals surface area contributed by atoms with Crippen LogP contribution >= 0.6 is 0 Å². The lowest BCUT2D eigenvalue weighted by atomic mass is 9.80. The van der Waals surface area contributed by atoms with E-state index in [-0.39, 0.29) is 6.10 Å². The first kappa shape index (κ1) is 8.76. The fraction of sp³-hybridized carbons (Fsp3) is 0.500. The zero-order valence-corrected chi connectivity index (χ0v) is 8.03. The lowest BCUT2D eigenvalue weighted by Gasteiger charge is -2.28. The molecule has 0 radical (unpaired) electrons. The van der Waals surface area contributed by atoms with Crippen LogP contribution in [-0.2, 0) is 0 Å². The van der Waals surface area contributed by atoms with Gasteiger partial charge in [0.15, 0.2) is 0 Å². The first-order valence-electron chi connectivity index (χ1n) is 5.09. The summed E-state index contributed by atoms with van der Waals surface area (Å²) in [6.07, 6.45) is 3.02. The number of hydrogen-bond donors (Lipinski definition) is 1. The van der Waals surface area contributed by atoms with E-state index in [1.54, 1.807) is 0 Å². The van der Waals surface area contributed by atoms with Crippen molar-refractivity contribution in [3.8, 4) is 0 Å². The fourth-order valence-corrected chi connectivity index (χ4v) is 2.28. The third-order valence-corrected chi connectivity index (χ3v) is 3.08. The molecule has 2 atom stereocenters. The zero-order chi connectivity index (χ0) is 9.26. The average Bonchev–Trinajstić information content (AvgIpc) is 2.19. The molecule has 0 unspecified atom stereocenters. The molecule has 1 nitrogen and oxygen atoms in total. The predicted octanol–water partition coefficient (Wildman–Crippen LogP) is 3.01. The average molecular weight is 176 g/mol. The van der Waals surface area contributed by atoms with Crippen molar-refractivity contribution < 1.29 is 5.11 Å². The molecule has 0 aliphatic heterocycles. The van der Waals surface area contributed by atoms with Gasteiger partial charge in [0.05, 0.1) is 6.10 Å². The topological polar surface area (TPSA) is 20.2 Å². The molecule has 0 heterocycles. The van der Waals surface area contributed by atoms with E-state index in [0.717, 1.165) is 18.4 Å². The van der Waals surface area contributed by atoms with Crippen LogP contribution in [-0.4, -0.2) is 5.11 Å². The molecule has 13 heavy (non-hydrogen) atoms. The van der Waals surface area contributed by atoms with E-state index < -0.39 is 0 Å². The van der Waals surface area contributed by atoms with Crippen LogP contribution in [0.15, 0.2) is 24.3 Å². The molecule has 0 amide bonds.